The highest BCUT2D eigenvalue weighted by Gasteiger charge is 2.33. The molecule has 0 radical (unpaired) electrons. The first-order chi connectivity index (χ1) is 19.0. The number of fused-ring (bicyclic) bond motifs is 2. The second kappa shape index (κ2) is 10.2. The van der Waals surface area contributed by atoms with E-state index in [2.05, 4.69) is 15.7 Å². The molecule has 2 aliphatic heterocycles. The van der Waals surface area contributed by atoms with Crippen molar-refractivity contribution >= 4 is 23.2 Å². The Morgan fingerprint density at radius 1 is 1.03 bits per heavy atom. The smallest absolute Gasteiger partial charge is 0.269 e. The van der Waals surface area contributed by atoms with Gasteiger partial charge in [-0.15, -0.1) is 0 Å². The molecular weight excluding hydrogens is 497 g/mol. The second-order valence-electron chi connectivity index (χ2n) is 9.56. The van der Waals surface area contributed by atoms with Crippen molar-refractivity contribution in [3.05, 3.63) is 101 Å². The molecule has 8 nitrogen and oxygen atoms in total. The Bertz CT molecular complexity index is 1600. The van der Waals surface area contributed by atoms with Crippen LogP contribution in [-0.2, 0) is 11.3 Å². The van der Waals surface area contributed by atoms with Crippen molar-refractivity contribution in [2.75, 3.05) is 5.32 Å². The molecule has 0 aliphatic carbocycles. The maximum Gasteiger partial charge on any atom is 0.269 e. The van der Waals surface area contributed by atoms with Crippen LogP contribution in [0.5, 0.6) is 5.88 Å². The topological polar surface area (TPSA) is 97.6 Å². The molecule has 0 saturated heterocycles. The number of anilines is 1. The summed E-state index contributed by atoms with van der Waals surface area (Å²) in [6.45, 7) is 2.43. The van der Waals surface area contributed by atoms with Gasteiger partial charge in [-0.25, -0.2) is 14.1 Å². The van der Waals surface area contributed by atoms with E-state index in [1.165, 1.54) is 6.07 Å². The highest BCUT2D eigenvalue weighted by atomic mass is 19.1. The predicted molar refractivity (Wildman–Crippen MR) is 145 cm³/mol. The number of ether oxygens (including phenoxy) is 1. The Balaban J connectivity index is 1.44. The molecule has 0 bridgehead atoms. The molecule has 0 fully saturated rings. The Labute approximate surface area is 224 Å². The molecule has 0 saturated carbocycles. The number of nitrogens with one attached hydrogen (secondary N) is 2. The Morgan fingerprint density at radius 3 is 2.54 bits per heavy atom. The summed E-state index contributed by atoms with van der Waals surface area (Å²) in [5, 5.41) is 10.2. The third-order valence-corrected chi connectivity index (χ3v) is 6.82. The van der Waals surface area contributed by atoms with Gasteiger partial charge in [0.15, 0.2) is 0 Å². The van der Waals surface area contributed by atoms with E-state index in [1.807, 2.05) is 55.5 Å². The molecular formula is C30H26FN5O3. The number of aromatic nitrogens is 2. The zero-order chi connectivity index (χ0) is 26.9. The lowest BCUT2D eigenvalue weighted by Gasteiger charge is -2.16. The molecule has 2 amide bonds. The lowest BCUT2D eigenvalue weighted by Crippen LogP contribution is -2.42. The van der Waals surface area contributed by atoms with Crippen molar-refractivity contribution in [1.82, 2.24) is 15.1 Å². The third kappa shape index (κ3) is 4.67. The van der Waals surface area contributed by atoms with E-state index < -0.39 is 23.8 Å². The summed E-state index contributed by atoms with van der Waals surface area (Å²) >= 11 is 0. The standard InChI is InChI=1S/C30H26FN5O3/c1-18-10-9-17-36-30(39-18)24(26(35-36)20-13-5-7-15-22(20)31)28(37)34-27-29(38)32-23-16-8-6-14-21(23)25(33-27)19-11-3-2-4-12-19/h2-8,11-16,18,27H,9-10,17H2,1H3,(H,32,38)(H,34,37)/t18?,27-/m1/s1. The second-order valence-corrected chi connectivity index (χ2v) is 9.56. The van der Waals surface area contributed by atoms with Crippen LogP contribution in [-0.4, -0.2) is 39.6 Å². The normalized spacial score (nSPS) is 18.4. The van der Waals surface area contributed by atoms with Gasteiger partial charge in [-0.1, -0.05) is 60.7 Å². The van der Waals surface area contributed by atoms with Crippen LogP contribution >= 0.6 is 0 Å². The summed E-state index contributed by atoms with van der Waals surface area (Å²) in [6, 6.07) is 22.9. The van der Waals surface area contributed by atoms with Gasteiger partial charge in [0.25, 0.3) is 11.8 Å². The van der Waals surface area contributed by atoms with Crippen LogP contribution in [0.1, 0.15) is 41.3 Å². The van der Waals surface area contributed by atoms with Crippen LogP contribution < -0.4 is 15.4 Å². The summed E-state index contributed by atoms with van der Waals surface area (Å²) in [7, 11) is 0. The fourth-order valence-electron chi connectivity index (χ4n) is 4.92. The number of para-hydroxylation sites is 1. The number of aliphatic imine (C=N–C) groups is 1. The predicted octanol–water partition coefficient (Wildman–Crippen LogP) is 4.80. The van der Waals surface area contributed by atoms with E-state index in [1.54, 1.807) is 28.9 Å². The quantitative estimate of drug-likeness (QED) is 0.402. The Hall–Kier alpha value is -4.79. The van der Waals surface area contributed by atoms with Crippen molar-refractivity contribution in [3.8, 4) is 17.1 Å². The number of benzene rings is 3. The average molecular weight is 524 g/mol. The Kier molecular flexibility index (Phi) is 6.40. The van der Waals surface area contributed by atoms with Crippen molar-refractivity contribution in [3.63, 3.8) is 0 Å². The Morgan fingerprint density at radius 2 is 1.74 bits per heavy atom. The highest BCUT2D eigenvalue weighted by molar-refractivity contribution is 6.20. The molecule has 6 rings (SSSR count). The number of aryl methyl sites for hydroxylation is 1. The highest BCUT2D eigenvalue weighted by Crippen LogP contribution is 2.35. The molecule has 3 heterocycles. The monoisotopic (exact) mass is 523 g/mol. The van der Waals surface area contributed by atoms with Gasteiger partial charge in [-0.05, 0) is 38.0 Å². The number of amides is 2. The first kappa shape index (κ1) is 24.5. The largest absolute Gasteiger partial charge is 0.474 e. The van der Waals surface area contributed by atoms with Crippen LogP contribution in [0.25, 0.3) is 11.3 Å². The molecule has 2 atom stereocenters. The lowest BCUT2D eigenvalue weighted by atomic mass is 10.0. The van der Waals surface area contributed by atoms with Crippen molar-refractivity contribution in [2.24, 2.45) is 4.99 Å². The van der Waals surface area contributed by atoms with Crippen LogP contribution in [0.2, 0.25) is 0 Å². The number of hydrogen-bond donors (Lipinski definition) is 2. The average Bonchev–Trinajstić information content (AvgIpc) is 3.09. The number of carbonyl (C=O) groups excluding carboxylic acids is 2. The van der Waals surface area contributed by atoms with Gasteiger partial charge >= 0.3 is 0 Å². The number of halogens is 1. The first-order valence-corrected chi connectivity index (χ1v) is 12.9. The van der Waals surface area contributed by atoms with Crippen molar-refractivity contribution in [1.29, 1.82) is 0 Å². The molecule has 0 spiro atoms. The van der Waals surface area contributed by atoms with Crippen LogP contribution in [0, 0.1) is 5.82 Å². The number of hydrogen-bond acceptors (Lipinski definition) is 5. The first-order valence-electron chi connectivity index (χ1n) is 12.9. The number of carbonyl (C=O) groups is 2. The van der Waals surface area contributed by atoms with Crippen LogP contribution in [0.4, 0.5) is 10.1 Å². The molecule has 1 unspecified atom stereocenters. The minimum Gasteiger partial charge on any atom is -0.474 e. The molecule has 9 heteroatoms. The van der Waals surface area contributed by atoms with Crippen molar-refractivity contribution in [2.45, 2.75) is 38.6 Å². The summed E-state index contributed by atoms with van der Waals surface area (Å²) in [4.78, 5) is 32.0. The molecule has 39 heavy (non-hydrogen) atoms. The van der Waals surface area contributed by atoms with Gasteiger partial charge in [0, 0.05) is 23.2 Å². The molecule has 4 aromatic rings. The van der Waals surface area contributed by atoms with Gasteiger partial charge in [0.1, 0.15) is 17.1 Å². The molecule has 3 aromatic carbocycles. The summed E-state index contributed by atoms with van der Waals surface area (Å²) < 4.78 is 22.6. The molecule has 1 aromatic heterocycles. The van der Waals surface area contributed by atoms with E-state index in [9.17, 15) is 14.0 Å². The molecule has 2 N–H and O–H groups in total. The van der Waals surface area contributed by atoms with E-state index in [4.69, 9.17) is 9.73 Å². The summed E-state index contributed by atoms with van der Waals surface area (Å²) in [5.41, 5.74) is 3.07. The van der Waals surface area contributed by atoms with E-state index in [0.29, 0.717) is 17.9 Å². The third-order valence-electron chi connectivity index (χ3n) is 6.82. The maximum absolute atomic E-state index is 14.9. The SMILES string of the molecule is CC1CCCn2nc(-c3ccccc3F)c(C(=O)N[C@H]3N=C(c4ccccc4)c4ccccc4NC3=O)c2O1. The number of nitrogens with zero attached hydrogens (tertiary/aromatic N) is 3. The van der Waals surface area contributed by atoms with Crippen LogP contribution in [0.3, 0.4) is 0 Å². The van der Waals surface area contributed by atoms with E-state index in [0.717, 1.165) is 24.0 Å². The van der Waals surface area contributed by atoms with Gasteiger partial charge in [0.2, 0.25) is 12.0 Å². The fourth-order valence-corrected chi connectivity index (χ4v) is 4.92. The van der Waals surface area contributed by atoms with Crippen molar-refractivity contribution < 1.29 is 18.7 Å². The fraction of sp³-hybridized carbons (Fsp3) is 0.200. The van der Waals surface area contributed by atoms with E-state index >= 15 is 0 Å². The van der Waals surface area contributed by atoms with Gasteiger partial charge in [-0.3, -0.25) is 9.59 Å². The number of rotatable bonds is 4. The van der Waals surface area contributed by atoms with Gasteiger partial charge in [-0.2, -0.15) is 5.10 Å². The zero-order valence-electron chi connectivity index (χ0n) is 21.2. The zero-order valence-corrected chi connectivity index (χ0v) is 21.2. The number of benzodiazepines with no additional fused rings is 1. The van der Waals surface area contributed by atoms with Gasteiger partial charge < -0.3 is 15.4 Å². The maximum atomic E-state index is 14.9. The van der Waals surface area contributed by atoms with E-state index in [-0.39, 0.29) is 28.8 Å². The minimum atomic E-state index is -1.26. The molecule has 196 valence electrons. The summed E-state index contributed by atoms with van der Waals surface area (Å²) in [5.74, 6) is -1.40. The summed E-state index contributed by atoms with van der Waals surface area (Å²) in [6.07, 6.45) is 0.156. The molecule has 2 aliphatic rings. The minimum absolute atomic E-state index is 0.0693. The lowest BCUT2D eigenvalue weighted by molar-refractivity contribution is -0.117. The van der Waals surface area contributed by atoms with Gasteiger partial charge in [0.05, 0.1) is 17.5 Å². The van der Waals surface area contributed by atoms with Crippen LogP contribution in [0.15, 0.2) is 83.9 Å².